The van der Waals surface area contributed by atoms with Crippen LogP contribution in [0.15, 0.2) is 11.1 Å². The van der Waals surface area contributed by atoms with Crippen LogP contribution in [0.1, 0.15) is 50.4 Å². The average molecular weight is 363 g/mol. The Bertz CT molecular complexity index is 591. The van der Waals surface area contributed by atoms with Crippen molar-refractivity contribution in [2.75, 3.05) is 34.2 Å². The highest BCUT2D eigenvalue weighted by molar-refractivity contribution is 5.79. The van der Waals surface area contributed by atoms with Crippen molar-refractivity contribution in [2.24, 2.45) is 10.9 Å². The molecule has 1 aromatic rings. The minimum absolute atomic E-state index is 0.235. The van der Waals surface area contributed by atoms with Crippen LogP contribution in [0.4, 0.5) is 0 Å². The van der Waals surface area contributed by atoms with Gasteiger partial charge in [-0.05, 0) is 59.2 Å². The number of likely N-dealkylation sites (N-methyl/N-ethyl adjacent to an activating group) is 1. The van der Waals surface area contributed by atoms with Crippen molar-refractivity contribution in [1.29, 1.82) is 0 Å². The molecule has 1 aliphatic carbocycles. The van der Waals surface area contributed by atoms with Crippen LogP contribution in [0.3, 0.4) is 0 Å². The van der Waals surface area contributed by atoms with Gasteiger partial charge in [0.25, 0.3) is 0 Å². The molecule has 0 spiro atoms. The fraction of sp³-hybridized carbons (Fsp3) is 0.800. The van der Waals surface area contributed by atoms with E-state index in [1.54, 1.807) is 0 Å². The van der Waals surface area contributed by atoms with Crippen molar-refractivity contribution in [3.8, 4) is 0 Å². The summed E-state index contributed by atoms with van der Waals surface area (Å²) in [6, 6.07) is 2.12. The van der Waals surface area contributed by atoms with Crippen LogP contribution in [0, 0.1) is 19.8 Å². The van der Waals surface area contributed by atoms with E-state index in [1.165, 1.54) is 31.4 Å². The number of rotatable bonds is 7. The first kappa shape index (κ1) is 20.7. The van der Waals surface area contributed by atoms with Gasteiger partial charge >= 0.3 is 0 Å². The number of nitrogens with zero attached hydrogens (tertiary/aromatic N) is 4. The molecule has 2 rings (SSSR count). The van der Waals surface area contributed by atoms with Crippen LogP contribution in [0.25, 0.3) is 0 Å². The second-order valence-corrected chi connectivity index (χ2v) is 8.18. The Morgan fingerprint density at radius 3 is 2.73 bits per heavy atom. The molecule has 0 radical (unpaired) electrons. The Kier molecular flexibility index (Phi) is 7.50. The summed E-state index contributed by atoms with van der Waals surface area (Å²) in [5.74, 6) is 1.70. The molecule has 1 heterocycles. The SMILES string of the molecule is CN=C(NCCCn1nc(C)cc1C)NCC1(N(C)C)CCCC(C)C1. The lowest BCUT2D eigenvalue weighted by atomic mass is 9.75. The summed E-state index contributed by atoms with van der Waals surface area (Å²) >= 11 is 0. The molecule has 1 fully saturated rings. The Morgan fingerprint density at radius 2 is 2.15 bits per heavy atom. The number of nitrogens with one attached hydrogen (secondary N) is 2. The van der Waals surface area contributed by atoms with Gasteiger partial charge in [0.1, 0.15) is 0 Å². The predicted octanol–water partition coefficient (Wildman–Crippen LogP) is 2.57. The predicted molar refractivity (Wildman–Crippen MR) is 110 cm³/mol. The van der Waals surface area contributed by atoms with Gasteiger partial charge in [-0.3, -0.25) is 9.67 Å². The van der Waals surface area contributed by atoms with Gasteiger partial charge in [-0.2, -0.15) is 5.10 Å². The zero-order valence-corrected chi connectivity index (χ0v) is 17.6. The van der Waals surface area contributed by atoms with E-state index in [0.717, 1.165) is 43.6 Å². The van der Waals surface area contributed by atoms with Gasteiger partial charge in [0.2, 0.25) is 0 Å². The van der Waals surface area contributed by atoms with Gasteiger partial charge in [0.15, 0.2) is 5.96 Å². The maximum Gasteiger partial charge on any atom is 0.191 e. The lowest BCUT2D eigenvalue weighted by Crippen LogP contribution is -2.56. The number of guanidine groups is 1. The van der Waals surface area contributed by atoms with Crippen molar-refractivity contribution < 1.29 is 0 Å². The first-order valence-electron chi connectivity index (χ1n) is 9.99. The molecular formula is C20H38N6. The highest BCUT2D eigenvalue weighted by atomic mass is 15.3. The lowest BCUT2D eigenvalue weighted by Gasteiger charge is -2.45. The standard InChI is InChI=1S/C20H38N6/c1-16-9-7-10-20(14-16,25(5)6)15-23-19(21-4)22-11-8-12-26-18(3)13-17(2)24-26/h13,16H,7-12,14-15H2,1-6H3,(H2,21,22,23). The highest BCUT2D eigenvalue weighted by Gasteiger charge is 2.36. The molecule has 26 heavy (non-hydrogen) atoms. The van der Waals surface area contributed by atoms with E-state index in [2.05, 4.69) is 64.3 Å². The summed E-state index contributed by atoms with van der Waals surface area (Å²) in [7, 11) is 6.27. The van der Waals surface area contributed by atoms with Gasteiger partial charge in [0.05, 0.1) is 5.69 Å². The number of aromatic nitrogens is 2. The summed E-state index contributed by atoms with van der Waals surface area (Å²) in [6.45, 7) is 9.30. The smallest absolute Gasteiger partial charge is 0.191 e. The number of aliphatic imine (C=N–C) groups is 1. The van der Waals surface area contributed by atoms with Gasteiger partial charge in [-0.15, -0.1) is 0 Å². The van der Waals surface area contributed by atoms with E-state index in [0.29, 0.717) is 0 Å². The van der Waals surface area contributed by atoms with Crippen LogP contribution in [-0.4, -0.2) is 60.4 Å². The molecule has 0 aromatic carbocycles. The minimum atomic E-state index is 0.235. The molecule has 6 heteroatoms. The molecule has 1 aliphatic rings. The van der Waals surface area contributed by atoms with Crippen LogP contribution >= 0.6 is 0 Å². The normalized spacial score (nSPS) is 24.1. The molecule has 0 saturated heterocycles. The first-order valence-corrected chi connectivity index (χ1v) is 9.99. The Balaban J connectivity index is 1.78. The topological polar surface area (TPSA) is 57.5 Å². The quantitative estimate of drug-likeness (QED) is 0.445. The molecule has 2 atom stereocenters. The maximum atomic E-state index is 4.52. The van der Waals surface area contributed by atoms with Crippen LogP contribution in [0.2, 0.25) is 0 Å². The van der Waals surface area contributed by atoms with Crippen molar-refractivity contribution in [2.45, 2.75) is 65.0 Å². The van der Waals surface area contributed by atoms with Gasteiger partial charge in [-0.25, -0.2) is 0 Å². The fourth-order valence-electron chi connectivity index (χ4n) is 4.16. The summed E-state index contributed by atoms with van der Waals surface area (Å²) in [4.78, 5) is 6.81. The fourth-order valence-corrected chi connectivity index (χ4v) is 4.16. The molecule has 0 aliphatic heterocycles. The van der Waals surface area contributed by atoms with Crippen molar-refractivity contribution in [3.05, 3.63) is 17.5 Å². The van der Waals surface area contributed by atoms with Crippen LogP contribution in [0.5, 0.6) is 0 Å². The molecule has 2 N–H and O–H groups in total. The first-order chi connectivity index (χ1) is 12.4. The number of hydrogen-bond acceptors (Lipinski definition) is 3. The van der Waals surface area contributed by atoms with E-state index >= 15 is 0 Å². The van der Waals surface area contributed by atoms with E-state index in [-0.39, 0.29) is 5.54 Å². The molecule has 0 bridgehead atoms. The Hall–Kier alpha value is -1.56. The number of aryl methyl sites for hydroxylation is 3. The average Bonchev–Trinajstić information content (AvgIpc) is 2.91. The zero-order valence-electron chi connectivity index (χ0n) is 17.6. The molecule has 1 saturated carbocycles. The second kappa shape index (κ2) is 9.40. The Labute approximate surface area is 159 Å². The van der Waals surface area contributed by atoms with Gasteiger partial charge in [0, 0.05) is 37.9 Å². The summed E-state index contributed by atoms with van der Waals surface area (Å²) in [6.07, 6.45) is 6.21. The molecule has 148 valence electrons. The Morgan fingerprint density at radius 1 is 1.38 bits per heavy atom. The van der Waals surface area contributed by atoms with Crippen molar-refractivity contribution >= 4 is 5.96 Å². The molecule has 0 amide bonds. The van der Waals surface area contributed by atoms with Crippen LogP contribution in [-0.2, 0) is 6.54 Å². The largest absolute Gasteiger partial charge is 0.356 e. The van der Waals surface area contributed by atoms with E-state index in [9.17, 15) is 0 Å². The monoisotopic (exact) mass is 362 g/mol. The molecular weight excluding hydrogens is 324 g/mol. The van der Waals surface area contributed by atoms with E-state index in [1.807, 2.05) is 14.0 Å². The second-order valence-electron chi connectivity index (χ2n) is 8.18. The zero-order chi connectivity index (χ0) is 19.2. The van der Waals surface area contributed by atoms with E-state index < -0.39 is 0 Å². The third-order valence-electron chi connectivity index (χ3n) is 5.77. The molecule has 1 aromatic heterocycles. The number of hydrogen-bond donors (Lipinski definition) is 2. The lowest BCUT2D eigenvalue weighted by molar-refractivity contribution is 0.0796. The van der Waals surface area contributed by atoms with Gasteiger partial charge in [-0.1, -0.05) is 19.8 Å². The maximum absolute atomic E-state index is 4.52. The van der Waals surface area contributed by atoms with Gasteiger partial charge < -0.3 is 15.5 Å². The molecule has 6 nitrogen and oxygen atoms in total. The summed E-state index contributed by atoms with van der Waals surface area (Å²) in [5, 5.41) is 11.5. The highest BCUT2D eigenvalue weighted by Crippen LogP contribution is 2.35. The molecule has 2 unspecified atom stereocenters. The summed E-state index contributed by atoms with van der Waals surface area (Å²) < 4.78 is 2.08. The van der Waals surface area contributed by atoms with E-state index in [4.69, 9.17) is 0 Å². The third kappa shape index (κ3) is 5.47. The third-order valence-corrected chi connectivity index (χ3v) is 5.77. The minimum Gasteiger partial charge on any atom is -0.356 e. The van der Waals surface area contributed by atoms with Crippen molar-refractivity contribution in [3.63, 3.8) is 0 Å². The van der Waals surface area contributed by atoms with Crippen molar-refractivity contribution in [1.82, 2.24) is 25.3 Å². The van der Waals surface area contributed by atoms with Crippen LogP contribution < -0.4 is 10.6 Å². The summed E-state index contributed by atoms with van der Waals surface area (Å²) in [5.41, 5.74) is 2.55.